The highest BCUT2D eigenvalue weighted by molar-refractivity contribution is 7.95. The predicted molar refractivity (Wildman–Crippen MR) is 74.8 cm³/mol. The summed E-state index contributed by atoms with van der Waals surface area (Å²) in [5.41, 5.74) is 0.867. The van der Waals surface area contributed by atoms with Gasteiger partial charge >= 0.3 is 5.97 Å². The first kappa shape index (κ1) is 13.6. The molecule has 1 aromatic rings. The largest absolute Gasteiger partial charge is 0.460 e. The fraction of sp³-hybridized carbons (Fsp3) is 0.533. The lowest BCUT2D eigenvalue weighted by Gasteiger charge is -2.19. The van der Waals surface area contributed by atoms with Crippen molar-refractivity contribution < 1.29 is 17.9 Å². The van der Waals surface area contributed by atoms with Crippen molar-refractivity contribution in [3.8, 4) is 0 Å². The van der Waals surface area contributed by atoms with E-state index in [9.17, 15) is 13.2 Å². The number of ether oxygens (including phenoxy) is 1. The van der Waals surface area contributed by atoms with Gasteiger partial charge in [-0.15, -0.1) is 0 Å². The molecule has 0 heterocycles. The zero-order valence-electron chi connectivity index (χ0n) is 11.5. The summed E-state index contributed by atoms with van der Waals surface area (Å²) in [5.74, 6) is -0.575. The van der Waals surface area contributed by atoms with E-state index >= 15 is 0 Å². The second-order valence-corrected chi connectivity index (χ2v) is 8.78. The average Bonchev–Trinajstić information content (AvgIpc) is 3.32. The third kappa shape index (κ3) is 1.95. The van der Waals surface area contributed by atoms with Crippen LogP contribution < -0.4 is 0 Å². The number of hydrogen-bond donors (Lipinski definition) is 0. The van der Waals surface area contributed by atoms with Crippen molar-refractivity contribution >= 4 is 15.8 Å². The Bertz CT molecular complexity index is 625. The monoisotopic (exact) mass is 294 g/mol. The molecule has 2 aliphatic carbocycles. The van der Waals surface area contributed by atoms with E-state index in [2.05, 4.69) is 0 Å². The molecule has 0 spiro atoms. The van der Waals surface area contributed by atoms with Crippen molar-refractivity contribution in [3.63, 3.8) is 0 Å². The normalized spacial score (nSPS) is 22.1. The minimum absolute atomic E-state index is 0.133. The SMILES string of the molecule is CC1(S(=O)(=O)C2(C(=O)OCc3ccccc3)CC2)CC1. The van der Waals surface area contributed by atoms with Gasteiger partial charge in [0.25, 0.3) is 0 Å². The Hall–Kier alpha value is -1.36. The molecular weight excluding hydrogens is 276 g/mol. The number of hydrogen-bond acceptors (Lipinski definition) is 4. The van der Waals surface area contributed by atoms with Crippen molar-refractivity contribution in [3.05, 3.63) is 35.9 Å². The molecule has 20 heavy (non-hydrogen) atoms. The molecule has 4 nitrogen and oxygen atoms in total. The van der Waals surface area contributed by atoms with Gasteiger partial charge in [0.2, 0.25) is 0 Å². The number of rotatable bonds is 5. The van der Waals surface area contributed by atoms with Crippen molar-refractivity contribution in [2.75, 3.05) is 0 Å². The summed E-state index contributed by atoms with van der Waals surface area (Å²) in [6.07, 6.45) is 2.11. The van der Waals surface area contributed by atoms with Crippen molar-refractivity contribution in [1.29, 1.82) is 0 Å². The lowest BCUT2D eigenvalue weighted by molar-refractivity contribution is -0.145. The molecule has 5 heteroatoms. The van der Waals surface area contributed by atoms with Crippen LogP contribution in [-0.4, -0.2) is 23.9 Å². The molecule has 0 aliphatic heterocycles. The maximum Gasteiger partial charge on any atom is 0.327 e. The van der Waals surface area contributed by atoms with Crippen LogP contribution in [0.5, 0.6) is 0 Å². The molecule has 3 rings (SSSR count). The molecule has 0 amide bonds. The topological polar surface area (TPSA) is 60.4 Å². The van der Waals surface area contributed by atoms with Crippen molar-refractivity contribution in [2.24, 2.45) is 0 Å². The van der Waals surface area contributed by atoms with Crippen LogP contribution in [0.2, 0.25) is 0 Å². The van der Waals surface area contributed by atoms with Crippen LogP contribution in [0.4, 0.5) is 0 Å². The lowest BCUT2D eigenvalue weighted by Crippen LogP contribution is -2.40. The Labute approximate surface area is 119 Å². The molecule has 0 bridgehead atoms. The summed E-state index contributed by atoms with van der Waals surface area (Å²) in [6, 6.07) is 9.30. The van der Waals surface area contributed by atoms with Crippen LogP contribution in [0.3, 0.4) is 0 Å². The molecule has 0 aromatic heterocycles. The smallest absolute Gasteiger partial charge is 0.327 e. The molecule has 0 N–H and O–H groups in total. The number of sulfone groups is 1. The number of carbonyl (C=O) groups excluding carboxylic acids is 1. The highest BCUT2D eigenvalue weighted by Gasteiger charge is 2.69. The van der Waals surface area contributed by atoms with E-state index in [0.717, 1.165) is 5.56 Å². The van der Waals surface area contributed by atoms with Crippen LogP contribution >= 0.6 is 0 Å². The minimum Gasteiger partial charge on any atom is -0.460 e. The van der Waals surface area contributed by atoms with E-state index in [1.165, 1.54) is 0 Å². The maximum absolute atomic E-state index is 12.6. The molecule has 1 aromatic carbocycles. The van der Waals surface area contributed by atoms with Gasteiger partial charge in [-0.2, -0.15) is 0 Å². The fourth-order valence-corrected chi connectivity index (χ4v) is 4.97. The van der Waals surface area contributed by atoms with Gasteiger partial charge in [-0.1, -0.05) is 30.3 Å². The molecule has 0 radical (unpaired) electrons. The second kappa shape index (κ2) is 4.32. The van der Waals surface area contributed by atoms with Gasteiger partial charge in [-0.3, -0.25) is 4.79 Å². The van der Waals surface area contributed by atoms with E-state index < -0.39 is 25.3 Å². The van der Waals surface area contributed by atoms with Gasteiger partial charge in [-0.05, 0) is 38.2 Å². The fourth-order valence-electron chi connectivity index (χ4n) is 2.47. The summed E-state index contributed by atoms with van der Waals surface area (Å²) in [5, 5.41) is 0. The van der Waals surface area contributed by atoms with E-state index in [0.29, 0.717) is 25.7 Å². The van der Waals surface area contributed by atoms with E-state index in [-0.39, 0.29) is 6.61 Å². The lowest BCUT2D eigenvalue weighted by atomic mass is 10.2. The van der Waals surface area contributed by atoms with Crippen LogP contribution in [0.1, 0.15) is 38.2 Å². The summed E-state index contributed by atoms with van der Waals surface area (Å²) < 4.78 is 28.4. The van der Waals surface area contributed by atoms with E-state index in [1.54, 1.807) is 6.92 Å². The molecule has 0 unspecified atom stereocenters. The van der Waals surface area contributed by atoms with Crippen LogP contribution in [0.25, 0.3) is 0 Å². The standard InChI is InChI=1S/C15H18O4S/c1-14(7-8-14)20(17,18)15(9-10-15)13(16)19-11-12-5-3-2-4-6-12/h2-6H,7-11H2,1H3. The summed E-state index contributed by atoms with van der Waals surface area (Å²) in [6.45, 7) is 1.86. The third-order valence-electron chi connectivity index (χ3n) is 4.41. The van der Waals surface area contributed by atoms with E-state index in [1.807, 2.05) is 30.3 Å². The van der Waals surface area contributed by atoms with Gasteiger partial charge in [0.05, 0.1) is 4.75 Å². The molecule has 2 aliphatic rings. The third-order valence-corrected chi connectivity index (χ3v) is 7.72. The Kier molecular flexibility index (Phi) is 2.94. The molecular formula is C15H18O4S. The molecule has 0 saturated heterocycles. The summed E-state index contributed by atoms with van der Waals surface area (Å²) >= 11 is 0. The quantitative estimate of drug-likeness (QED) is 0.781. The first-order chi connectivity index (χ1) is 9.41. The molecule has 0 atom stereocenters. The Morgan fingerprint density at radius 3 is 2.25 bits per heavy atom. The molecule has 2 fully saturated rings. The first-order valence-corrected chi connectivity index (χ1v) is 8.35. The van der Waals surface area contributed by atoms with Gasteiger partial charge in [0.1, 0.15) is 6.61 Å². The summed E-state index contributed by atoms with van der Waals surface area (Å²) in [7, 11) is -3.43. The molecule has 2 saturated carbocycles. The first-order valence-electron chi connectivity index (χ1n) is 6.87. The average molecular weight is 294 g/mol. The van der Waals surface area contributed by atoms with Crippen LogP contribution in [0, 0.1) is 0 Å². The minimum atomic E-state index is -3.43. The van der Waals surface area contributed by atoms with Crippen molar-refractivity contribution in [2.45, 2.75) is 48.7 Å². The summed E-state index contributed by atoms with van der Waals surface area (Å²) in [4.78, 5) is 12.2. The van der Waals surface area contributed by atoms with E-state index in [4.69, 9.17) is 4.74 Å². The number of benzene rings is 1. The number of esters is 1. The Balaban J connectivity index is 1.71. The highest BCUT2D eigenvalue weighted by Crippen LogP contribution is 2.56. The van der Waals surface area contributed by atoms with Crippen molar-refractivity contribution in [1.82, 2.24) is 0 Å². The van der Waals surface area contributed by atoms with Gasteiger partial charge < -0.3 is 4.74 Å². The Morgan fingerprint density at radius 1 is 1.15 bits per heavy atom. The number of carbonyl (C=O) groups is 1. The zero-order valence-corrected chi connectivity index (χ0v) is 12.3. The van der Waals surface area contributed by atoms with Gasteiger partial charge in [0, 0.05) is 0 Å². The highest BCUT2D eigenvalue weighted by atomic mass is 32.2. The zero-order chi connectivity index (χ0) is 14.4. The van der Waals surface area contributed by atoms with Gasteiger partial charge in [-0.25, -0.2) is 8.42 Å². The van der Waals surface area contributed by atoms with Gasteiger partial charge in [0.15, 0.2) is 14.6 Å². The maximum atomic E-state index is 12.6. The van der Waals surface area contributed by atoms with Crippen LogP contribution in [0.15, 0.2) is 30.3 Å². The van der Waals surface area contributed by atoms with Crippen LogP contribution in [-0.2, 0) is 26.0 Å². The predicted octanol–water partition coefficient (Wildman–Crippen LogP) is 2.23. The molecule has 108 valence electrons. The Morgan fingerprint density at radius 2 is 1.75 bits per heavy atom. The second-order valence-electron chi connectivity index (χ2n) is 6.01.